The summed E-state index contributed by atoms with van der Waals surface area (Å²) in [5.74, 6) is 0. The zero-order valence-corrected chi connectivity index (χ0v) is 46.8. The first-order valence-electron chi connectivity index (χ1n) is 24.8. The van der Waals surface area contributed by atoms with Gasteiger partial charge in [-0.25, -0.2) is 0 Å². The standard InChI is InChI=1S/C62H98/c1-53(2,3)43-35-31-39-41(47(57(13,14)15)51(61(25,26)27)49(59(19,20)21)45(39)55(7,8)9)33-37(35)44(54(4,5)6)38-34-42-40(32-36(38)43)46(56(10,11)12)50(60(22,23)24)52(62(28,29)30)48(42)58(16,17)18/h31-34H2,1-30H3. The number of rotatable bonds is 0. The molecule has 0 aliphatic heterocycles. The van der Waals surface area contributed by atoms with Crippen LogP contribution in [0, 0.1) is 0 Å². The highest BCUT2D eigenvalue weighted by Crippen LogP contribution is 2.57. The van der Waals surface area contributed by atoms with E-state index >= 15 is 0 Å². The Morgan fingerprint density at radius 1 is 0.145 bits per heavy atom. The minimum atomic E-state index is -0.0283. The predicted octanol–water partition coefficient (Wildman–Crippen LogP) is 17.7. The van der Waals surface area contributed by atoms with Crippen LogP contribution in [0.15, 0.2) is 0 Å². The molecule has 5 rings (SSSR count). The monoisotopic (exact) mass is 843 g/mol. The van der Waals surface area contributed by atoms with Crippen LogP contribution in [0.3, 0.4) is 0 Å². The highest BCUT2D eigenvalue weighted by molar-refractivity contribution is 5.72. The van der Waals surface area contributed by atoms with E-state index in [2.05, 4.69) is 208 Å². The van der Waals surface area contributed by atoms with Crippen molar-refractivity contribution in [2.75, 3.05) is 0 Å². The molecular formula is C62H98. The summed E-state index contributed by atoms with van der Waals surface area (Å²) in [7, 11) is 0. The molecule has 0 saturated carbocycles. The topological polar surface area (TPSA) is 0 Å². The number of fused-ring (bicyclic) bond motifs is 4. The summed E-state index contributed by atoms with van der Waals surface area (Å²) in [6.07, 6.45) is 4.05. The Bertz CT molecular complexity index is 1960. The summed E-state index contributed by atoms with van der Waals surface area (Å²) < 4.78 is 0. The maximum Gasteiger partial charge on any atom is -0.00138 e. The SMILES string of the molecule is CC(C)(C)c1c2c(c(C(C)(C)C)c3c1Cc1c(c(C(C)(C)C)c(C(C)(C)C)c(C(C)(C)C)c1C(C)(C)C)C3)Cc1c(c(C(C)(C)C)c(C(C)(C)C)c(C(C)(C)C)c1C(C)(C)C)C2. The van der Waals surface area contributed by atoms with Gasteiger partial charge in [0.25, 0.3) is 0 Å². The van der Waals surface area contributed by atoms with Gasteiger partial charge in [-0.1, -0.05) is 208 Å². The van der Waals surface area contributed by atoms with E-state index in [1.807, 2.05) is 0 Å². The van der Waals surface area contributed by atoms with Gasteiger partial charge in [0.05, 0.1) is 0 Å². The fraction of sp³-hybridized carbons (Fsp3) is 0.710. The molecule has 0 heterocycles. The van der Waals surface area contributed by atoms with Crippen molar-refractivity contribution >= 4 is 0 Å². The van der Waals surface area contributed by atoms with Gasteiger partial charge in [0, 0.05) is 0 Å². The molecule has 0 saturated heterocycles. The molecule has 0 nitrogen and oxygen atoms in total. The third-order valence-electron chi connectivity index (χ3n) is 14.3. The molecule has 62 heavy (non-hydrogen) atoms. The van der Waals surface area contributed by atoms with Gasteiger partial charge in [0.1, 0.15) is 0 Å². The second kappa shape index (κ2) is 14.6. The quantitative estimate of drug-likeness (QED) is 0.146. The molecule has 3 aromatic carbocycles. The lowest BCUT2D eigenvalue weighted by Gasteiger charge is -2.48. The third kappa shape index (κ3) is 8.72. The molecule has 346 valence electrons. The average Bonchev–Trinajstić information content (AvgIpc) is 2.97. The first-order valence-corrected chi connectivity index (χ1v) is 24.8. The first kappa shape index (κ1) is 50.7. The molecule has 0 spiro atoms. The fourth-order valence-corrected chi connectivity index (χ4v) is 13.1. The molecule has 0 fully saturated rings. The minimum Gasteiger partial charge on any atom is -0.0561 e. The molecule has 2 aliphatic rings. The van der Waals surface area contributed by atoms with Crippen LogP contribution in [0.25, 0.3) is 0 Å². The summed E-state index contributed by atoms with van der Waals surface area (Å²) >= 11 is 0. The Balaban J connectivity index is 2.14. The number of hydrogen-bond donors (Lipinski definition) is 0. The zero-order chi connectivity index (χ0) is 48.2. The van der Waals surface area contributed by atoms with E-state index in [1.165, 1.54) is 0 Å². The Morgan fingerprint density at radius 3 is 0.339 bits per heavy atom. The summed E-state index contributed by atoms with van der Waals surface area (Å²) in [5.41, 5.74) is 29.3. The molecule has 0 aromatic heterocycles. The van der Waals surface area contributed by atoms with E-state index in [4.69, 9.17) is 0 Å². The molecule has 0 radical (unpaired) electrons. The smallest absolute Gasteiger partial charge is 0.00138 e. The van der Waals surface area contributed by atoms with Gasteiger partial charge in [-0.2, -0.15) is 0 Å². The van der Waals surface area contributed by atoms with Crippen molar-refractivity contribution in [3.8, 4) is 0 Å². The van der Waals surface area contributed by atoms with Crippen LogP contribution in [-0.4, -0.2) is 0 Å². The van der Waals surface area contributed by atoms with Gasteiger partial charge in [0.15, 0.2) is 0 Å². The molecule has 0 unspecified atom stereocenters. The highest BCUT2D eigenvalue weighted by atomic mass is 14.5. The normalized spacial score (nSPS) is 16.0. The molecule has 0 bridgehead atoms. The second-order valence-electron chi connectivity index (χ2n) is 30.8. The maximum absolute atomic E-state index is 2.54. The van der Waals surface area contributed by atoms with E-state index in [9.17, 15) is 0 Å². The summed E-state index contributed by atoms with van der Waals surface area (Å²) in [6, 6.07) is 0. The van der Waals surface area contributed by atoms with E-state index in [0.717, 1.165) is 25.7 Å². The molecule has 0 amide bonds. The third-order valence-corrected chi connectivity index (χ3v) is 14.3. The summed E-state index contributed by atoms with van der Waals surface area (Å²) in [5, 5.41) is 0. The van der Waals surface area contributed by atoms with Gasteiger partial charge < -0.3 is 0 Å². The van der Waals surface area contributed by atoms with Gasteiger partial charge in [-0.3, -0.25) is 0 Å². The largest absolute Gasteiger partial charge is 0.0561 e. The molecule has 0 N–H and O–H groups in total. The van der Waals surface area contributed by atoms with Crippen LogP contribution in [0.4, 0.5) is 0 Å². The summed E-state index contributed by atoms with van der Waals surface area (Å²) in [4.78, 5) is 0. The van der Waals surface area contributed by atoms with Crippen molar-refractivity contribution in [2.45, 2.75) is 288 Å². The second-order valence-corrected chi connectivity index (χ2v) is 30.8. The van der Waals surface area contributed by atoms with Crippen molar-refractivity contribution in [3.63, 3.8) is 0 Å². The van der Waals surface area contributed by atoms with Gasteiger partial charge in [-0.15, -0.1) is 0 Å². The van der Waals surface area contributed by atoms with Crippen molar-refractivity contribution < 1.29 is 0 Å². The Hall–Kier alpha value is -2.34. The average molecular weight is 843 g/mol. The lowest BCUT2D eigenvalue weighted by molar-refractivity contribution is 0.467. The molecule has 3 aromatic rings. The Morgan fingerprint density at radius 2 is 0.242 bits per heavy atom. The van der Waals surface area contributed by atoms with Crippen molar-refractivity contribution in [3.05, 3.63) is 100 Å². The molecular weight excluding hydrogens is 745 g/mol. The lowest BCUT2D eigenvalue weighted by atomic mass is 9.56. The van der Waals surface area contributed by atoms with Crippen LogP contribution >= 0.6 is 0 Å². The van der Waals surface area contributed by atoms with Crippen LogP contribution in [0.2, 0.25) is 0 Å². The molecule has 0 heteroatoms. The molecule has 0 atom stereocenters. The van der Waals surface area contributed by atoms with Gasteiger partial charge in [-0.05, 0) is 180 Å². The van der Waals surface area contributed by atoms with Crippen molar-refractivity contribution in [2.24, 2.45) is 0 Å². The Labute approximate surface area is 386 Å². The summed E-state index contributed by atoms with van der Waals surface area (Å²) in [6.45, 7) is 75.2. The van der Waals surface area contributed by atoms with Crippen molar-refractivity contribution in [1.82, 2.24) is 0 Å². The van der Waals surface area contributed by atoms with Crippen LogP contribution < -0.4 is 0 Å². The maximum atomic E-state index is 2.54. The van der Waals surface area contributed by atoms with Gasteiger partial charge >= 0.3 is 0 Å². The minimum absolute atomic E-state index is 0.00564. The zero-order valence-electron chi connectivity index (χ0n) is 46.8. The highest BCUT2D eigenvalue weighted by Gasteiger charge is 2.47. The van der Waals surface area contributed by atoms with Crippen LogP contribution in [0.5, 0.6) is 0 Å². The van der Waals surface area contributed by atoms with E-state index in [0.29, 0.717) is 0 Å². The number of benzene rings is 3. The predicted molar refractivity (Wildman–Crippen MR) is 278 cm³/mol. The van der Waals surface area contributed by atoms with E-state index in [-0.39, 0.29) is 54.1 Å². The fourth-order valence-electron chi connectivity index (χ4n) is 13.1. The number of hydrogen-bond acceptors (Lipinski definition) is 0. The van der Waals surface area contributed by atoms with Crippen molar-refractivity contribution in [1.29, 1.82) is 0 Å². The van der Waals surface area contributed by atoms with Crippen LogP contribution in [-0.2, 0) is 79.8 Å². The van der Waals surface area contributed by atoms with Gasteiger partial charge in [0.2, 0.25) is 0 Å². The molecule has 2 aliphatic carbocycles. The first-order chi connectivity index (χ1) is 27.2. The van der Waals surface area contributed by atoms with E-state index < -0.39 is 0 Å². The Kier molecular flexibility index (Phi) is 11.9. The van der Waals surface area contributed by atoms with Crippen LogP contribution in [0.1, 0.15) is 308 Å². The van der Waals surface area contributed by atoms with E-state index in [1.54, 1.807) is 100 Å². The lowest BCUT2D eigenvalue weighted by Crippen LogP contribution is -2.38.